The molecule has 0 bridgehead atoms. The van der Waals surface area contributed by atoms with Gasteiger partial charge in [-0.3, -0.25) is 4.99 Å². The van der Waals surface area contributed by atoms with Crippen LogP contribution in [-0.2, 0) is 16.1 Å². The van der Waals surface area contributed by atoms with Crippen LogP contribution in [0.2, 0.25) is 0 Å². The van der Waals surface area contributed by atoms with Crippen LogP contribution in [0.4, 0.5) is 0 Å². The molecular formula is C15H19NO2. The maximum Gasteiger partial charge on any atom is 0.188 e. The highest BCUT2D eigenvalue weighted by Crippen LogP contribution is 2.13. The summed E-state index contributed by atoms with van der Waals surface area (Å²) >= 11 is 0. The zero-order chi connectivity index (χ0) is 12.8. The smallest absolute Gasteiger partial charge is 0.188 e. The molecule has 0 amide bonds. The molecule has 1 heterocycles. The van der Waals surface area contributed by atoms with E-state index < -0.39 is 0 Å². The highest BCUT2D eigenvalue weighted by atomic mass is 16.5. The summed E-state index contributed by atoms with van der Waals surface area (Å²) in [6, 6.07) is 8.12. The summed E-state index contributed by atoms with van der Waals surface area (Å²) in [4.78, 5) is 4.29. The lowest BCUT2D eigenvalue weighted by Gasteiger charge is -2.12. The third-order valence-electron chi connectivity index (χ3n) is 2.93. The van der Waals surface area contributed by atoms with E-state index in [2.05, 4.69) is 24.6 Å². The van der Waals surface area contributed by atoms with Gasteiger partial charge in [0.2, 0.25) is 0 Å². The van der Waals surface area contributed by atoms with Crippen molar-refractivity contribution in [1.29, 1.82) is 0 Å². The van der Waals surface area contributed by atoms with Crippen LogP contribution >= 0.6 is 0 Å². The minimum Gasteiger partial charge on any atom is -0.479 e. The van der Waals surface area contributed by atoms with Crippen molar-refractivity contribution in [2.45, 2.75) is 13.5 Å². The first-order valence-electron chi connectivity index (χ1n) is 6.26. The number of nitrogens with zero attached hydrogens (tertiary/aromatic N) is 1. The topological polar surface area (TPSA) is 30.8 Å². The summed E-state index contributed by atoms with van der Waals surface area (Å²) in [7, 11) is 0. The lowest BCUT2D eigenvalue weighted by atomic mass is 10.1. The lowest BCUT2D eigenvalue weighted by Crippen LogP contribution is -2.17. The van der Waals surface area contributed by atoms with Crippen LogP contribution in [0, 0.1) is 5.92 Å². The second kappa shape index (κ2) is 6.36. The Morgan fingerprint density at radius 2 is 2.33 bits per heavy atom. The van der Waals surface area contributed by atoms with E-state index in [0.717, 1.165) is 23.6 Å². The first kappa shape index (κ1) is 12.8. The predicted molar refractivity (Wildman–Crippen MR) is 73.6 cm³/mol. The second-order valence-corrected chi connectivity index (χ2v) is 4.39. The van der Waals surface area contributed by atoms with E-state index in [0.29, 0.717) is 19.8 Å². The molecule has 1 aromatic carbocycles. The van der Waals surface area contributed by atoms with Crippen molar-refractivity contribution in [1.82, 2.24) is 0 Å². The number of hydrogen-bond donors (Lipinski definition) is 0. The molecule has 1 unspecified atom stereocenters. The van der Waals surface area contributed by atoms with Gasteiger partial charge in [0.05, 0.1) is 25.7 Å². The Bertz CT molecular complexity index is 440. The van der Waals surface area contributed by atoms with Gasteiger partial charge in [-0.2, -0.15) is 0 Å². The monoisotopic (exact) mass is 245 g/mol. The first-order valence-corrected chi connectivity index (χ1v) is 6.26. The van der Waals surface area contributed by atoms with Gasteiger partial charge in [-0.25, -0.2) is 0 Å². The van der Waals surface area contributed by atoms with Crippen molar-refractivity contribution >= 4 is 12.0 Å². The van der Waals surface area contributed by atoms with Crippen LogP contribution in [0.25, 0.3) is 6.08 Å². The van der Waals surface area contributed by atoms with E-state index in [1.54, 1.807) is 0 Å². The number of benzene rings is 1. The fourth-order valence-corrected chi connectivity index (χ4v) is 1.93. The Morgan fingerprint density at radius 3 is 3.06 bits per heavy atom. The molecule has 1 aliphatic heterocycles. The Kier molecular flexibility index (Phi) is 4.53. The van der Waals surface area contributed by atoms with Crippen molar-refractivity contribution < 1.29 is 9.47 Å². The van der Waals surface area contributed by atoms with Gasteiger partial charge < -0.3 is 9.47 Å². The summed E-state index contributed by atoms with van der Waals surface area (Å²) in [5, 5.41) is 0. The largest absolute Gasteiger partial charge is 0.479 e. The molecule has 1 atom stereocenters. The maximum absolute atomic E-state index is 5.73. The van der Waals surface area contributed by atoms with E-state index in [4.69, 9.17) is 9.47 Å². The SMILES string of the molecule is C=Cc1ccccc1COCC(C)C1=NCCO1. The Balaban J connectivity index is 1.82. The number of hydrogen-bond acceptors (Lipinski definition) is 3. The van der Waals surface area contributed by atoms with Gasteiger partial charge in [0.1, 0.15) is 6.61 Å². The van der Waals surface area contributed by atoms with Gasteiger partial charge in [0.25, 0.3) is 0 Å². The highest BCUT2D eigenvalue weighted by molar-refractivity contribution is 5.79. The van der Waals surface area contributed by atoms with Crippen molar-refractivity contribution in [3.63, 3.8) is 0 Å². The molecule has 0 saturated heterocycles. The molecule has 3 nitrogen and oxygen atoms in total. The van der Waals surface area contributed by atoms with E-state index >= 15 is 0 Å². The molecular weight excluding hydrogens is 226 g/mol. The van der Waals surface area contributed by atoms with Crippen LogP contribution in [0.3, 0.4) is 0 Å². The zero-order valence-corrected chi connectivity index (χ0v) is 10.8. The number of rotatable bonds is 6. The predicted octanol–water partition coefficient (Wildman–Crippen LogP) is 2.91. The Hall–Kier alpha value is -1.61. The maximum atomic E-state index is 5.73. The van der Waals surface area contributed by atoms with Crippen LogP contribution in [0.1, 0.15) is 18.1 Å². The van der Waals surface area contributed by atoms with Crippen LogP contribution in [0.15, 0.2) is 35.8 Å². The molecule has 3 heteroatoms. The molecule has 1 aromatic rings. The Labute approximate surface area is 108 Å². The quantitative estimate of drug-likeness (QED) is 0.771. The molecule has 0 fully saturated rings. The van der Waals surface area contributed by atoms with Crippen LogP contribution in [0.5, 0.6) is 0 Å². The minimum atomic E-state index is 0.225. The molecule has 96 valence electrons. The molecule has 0 spiro atoms. The third-order valence-corrected chi connectivity index (χ3v) is 2.93. The van der Waals surface area contributed by atoms with E-state index in [1.165, 1.54) is 0 Å². The van der Waals surface area contributed by atoms with Crippen molar-refractivity contribution in [2.24, 2.45) is 10.9 Å². The average Bonchev–Trinajstić information content (AvgIpc) is 2.93. The van der Waals surface area contributed by atoms with Gasteiger partial charge in [-0.05, 0) is 11.1 Å². The second-order valence-electron chi connectivity index (χ2n) is 4.39. The van der Waals surface area contributed by atoms with Crippen molar-refractivity contribution in [3.05, 3.63) is 42.0 Å². The first-order chi connectivity index (χ1) is 8.81. The van der Waals surface area contributed by atoms with Crippen molar-refractivity contribution in [3.8, 4) is 0 Å². The molecule has 0 radical (unpaired) electrons. The summed E-state index contributed by atoms with van der Waals surface area (Å²) in [6.07, 6.45) is 1.85. The average molecular weight is 245 g/mol. The molecule has 1 aliphatic rings. The Morgan fingerprint density at radius 1 is 1.50 bits per heavy atom. The van der Waals surface area contributed by atoms with Gasteiger partial charge in [0.15, 0.2) is 5.90 Å². The van der Waals surface area contributed by atoms with Gasteiger partial charge in [0, 0.05) is 0 Å². The highest BCUT2D eigenvalue weighted by Gasteiger charge is 2.16. The number of aliphatic imine (C=N–C) groups is 1. The van der Waals surface area contributed by atoms with Gasteiger partial charge in [-0.15, -0.1) is 0 Å². The summed E-state index contributed by atoms with van der Waals surface area (Å²) in [5.41, 5.74) is 2.29. The molecule has 0 saturated carbocycles. The molecule has 18 heavy (non-hydrogen) atoms. The van der Waals surface area contributed by atoms with Crippen LogP contribution < -0.4 is 0 Å². The molecule has 2 rings (SSSR count). The third kappa shape index (κ3) is 3.20. The van der Waals surface area contributed by atoms with Crippen molar-refractivity contribution in [2.75, 3.05) is 19.8 Å². The molecule has 0 aromatic heterocycles. The fourth-order valence-electron chi connectivity index (χ4n) is 1.93. The number of ether oxygens (including phenoxy) is 2. The zero-order valence-electron chi connectivity index (χ0n) is 10.8. The van der Waals surface area contributed by atoms with Gasteiger partial charge >= 0.3 is 0 Å². The normalized spacial score (nSPS) is 15.9. The standard InChI is InChI=1S/C15H19NO2/c1-3-13-6-4-5-7-14(13)11-17-10-12(2)15-16-8-9-18-15/h3-7,12H,1,8-11H2,2H3. The summed E-state index contributed by atoms with van der Waals surface area (Å²) in [5.74, 6) is 1.05. The lowest BCUT2D eigenvalue weighted by molar-refractivity contribution is 0.102. The summed E-state index contributed by atoms with van der Waals surface area (Å²) in [6.45, 7) is 8.59. The van der Waals surface area contributed by atoms with Gasteiger partial charge in [-0.1, -0.05) is 43.8 Å². The molecule has 0 aliphatic carbocycles. The van der Waals surface area contributed by atoms with E-state index in [-0.39, 0.29) is 5.92 Å². The molecule has 0 N–H and O–H groups in total. The van der Waals surface area contributed by atoms with Crippen LogP contribution in [-0.4, -0.2) is 25.7 Å². The fraction of sp³-hybridized carbons (Fsp3) is 0.400. The summed E-state index contributed by atoms with van der Waals surface area (Å²) < 4.78 is 11.1. The minimum absolute atomic E-state index is 0.225. The van der Waals surface area contributed by atoms with E-state index in [1.807, 2.05) is 24.3 Å². The van der Waals surface area contributed by atoms with E-state index in [9.17, 15) is 0 Å².